The average molecular weight is 327 g/mol. The topological polar surface area (TPSA) is 66.8 Å². The summed E-state index contributed by atoms with van der Waals surface area (Å²) < 4.78 is 1.70. The van der Waals surface area contributed by atoms with Gasteiger partial charge in [0.25, 0.3) is 5.56 Å². The SMILES string of the molecule is Cc1cc(CN2CCCC2Cn2nc3c(cc2=O)CCCC3)n[nH]1. The molecule has 0 aromatic carbocycles. The molecular formula is C18H25N5O. The molecule has 0 radical (unpaired) electrons. The Labute approximate surface area is 141 Å². The summed E-state index contributed by atoms with van der Waals surface area (Å²) in [6.07, 6.45) is 6.68. The van der Waals surface area contributed by atoms with Gasteiger partial charge in [-0.25, -0.2) is 4.68 Å². The average Bonchev–Trinajstić information content (AvgIpc) is 3.18. The van der Waals surface area contributed by atoms with Crippen LogP contribution >= 0.6 is 0 Å². The molecule has 1 atom stereocenters. The summed E-state index contributed by atoms with van der Waals surface area (Å²) in [6, 6.07) is 4.28. The number of hydrogen-bond acceptors (Lipinski definition) is 4. The van der Waals surface area contributed by atoms with Crippen molar-refractivity contribution in [3.63, 3.8) is 0 Å². The third-order valence-corrected chi connectivity index (χ3v) is 5.28. The van der Waals surface area contributed by atoms with Gasteiger partial charge in [0.1, 0.15) is 0 Å². The number of aromatic nitrogens is 4. The molecule has 2 aromatic rings. The van der Waals surface area contributed by atoms with Crippen molar-refractivity contribution in [1.82, 2.24) is 24.9 Å². The van der Waals surface area contributed by atoms with E-state index in [9.17, 15) is 4.79 Å². The van der Waals surface area contributed by atoms with Crippen LogP contribution in [0.3, 0.4) is 0 Å². The molecular weight excluding hydrogens is 302 g/mol. The van der Waals surface area contributed by atoms with Crippen LogP contribution in [0.25, 0.3) is 0 Å². The standard InChI is InChI=1S/C18H25N5O/c1-13-9-15(20-19-13)11-22-8-4-6-16(22)12-23-18(24)10-14-5-2-3-7-17(14)21-23/h9-10,16H,2-8,11-12H2,1H3,(H,19,20). The maximum absolute atomic E-state index is 12.4. The Morgan fingerprint density at radius 2 is 2.12 bits per heavy atom. The number of likely N-dealkylation sites (tertiary alicyclic amines) is 1. The molecule has 6 nitrogen and oxygen atoms in total. The summed E-state index contributed by atoms with van der Waals surface area (Å²) in [5.74, 6) is 0. The lowest BCUT2D eigenvalue weighted by atomic mass is 9.97. The molecule has 1 fully saturated rings. The van der Waals surface area contributed by atoms with Crippen molar-refractivity contribution in [2.45, 2.75) is 64.6 Å². The Morgan fingerprint density at radius 3 is 2.96 bits per heavy atom. The molecule has 2 aromatic heterocycles. The van der Waals surface area contributed by atoms with E-state index < -0.39 is 0 Å². The molecule has 6 heteroatoms. The van der Waals surface area contributed by atoms with E-state index in [0.717, 1.165) is 55.0 Å². The first-order valence-corrected chi connectivity index (χ1v) is 9.04. The Morgan fingerprint density at radius 1 is 1.25 bits per heavy atom. The number of aryl methyl sites for hydroxylation is 3. The quantitative estimate of drug-likeness (QED) is 0.930. The summed E-state index contributed by atoms with van der Waals surface area (Å²) in [7, 11) is 0. The van der Waals surface area contributed by atoms with Gasteiger partial charge in [-0.1, -0.05) is 0 Å². The van der Waals surface area contributed by atoms with E-state index in [2.05, 4.69) is 26.3 Å². The third kappa shape index (κ3) is 3.15. The lowest BCUT2D eigenvalue weighted by Gasteiger charge is -2.24. The summed E-state index contributed by atoms with van der Waals surface area (Å²) in [6.45, 7) is 4.62. The Hall–Kier alpha value is -1.95. The van der Waals surface area contributed by atoms with Crippen LogP contribution in [0.1, 0.15) is 48.3 Å². The van der Waals surface area contributed by atoms with E-state index >= 15 is 0 Å². The molecule has 1 unspecified atom stereocenters. The first-order valence-electron chi connectivity index (χ1n) is 9.04. The lowest BCUT2D eigenvalue weighted by Crippen LogP contribution is -2.37. The van der Waals surface area contributed by atoms with Gasteiger partial charge < -0.3 is 0 Å². The second-order valence-corrected chi connectivity index (χ2v) is 7.15. The normalized spacial score (nSPS) is 21.1. The molecule has 1 saturated heterocycles. The summed E-state index contributed by atoms with van der Waals surface area (Å²) in [4.78, 5) is 14.8. The zero-order valence-electron chi connectivity index (χ0n) is 14.3. The Balaban J connectivity index is 1.50. The molecule has 3 heterocycles. The highest BCUT2D eigenvalue weighted by Gasteiger charge is 2.26. The highest BCUT2D eigenvalue weighted by Crippen LogP contribution is 2.21. The summed E-state index contributed by atoms with van der Waals surface area (Å²) in [5.41, 5.74) is 4.52. The van der Waals surface area contributed by atoms with Crippen LogP contribution in [0.4, 0.5) is 0 Å². The van der Waals surface area contributed by atoms with Crippen molar-refractivity contribution in [3.8, 4) is 0 Å². The second-order valence-electron chi connectivity index (χ2n) is 7.15. The second kappa shape index (κ2) is 6.51. The van der Waals surface area contributed by atoms with Crippen LogP contribution < -0.4 is 5.56 Å². The van der Waals surface area contributed by atoms with Crippen LogP contribution in [-0.2, 0) is 25.9 Å². The van der Waals surface area contributed by atoms with Crippen molar-refractivity contribution in [2.75, 3.05) is 6.54 Å². The van der Waals surface area contributed by atoms with Crippen LogP contribution in [-0.4, -0.2) is 37.5 Å². The van der Waals surface area contributed by atoms with Crippen LogP contribution in [0, 0.1) is 6.92 Å². The number of aromatic amines is 1. The molecule has 0 spiro atoms. The van der Waals surface area contributed by atoms with Crippen LogP contribution in [0.2, 0.25) is 0 Å². The fourth-order valence-corrected chi connectivity index (χ4v) is 4.01. The zero-order valence-corrected chi connectivity index (χ0v) is 14.3. The number of hydrogen-bond donors (Lipinski definition) is 1. The maximum Gasteiger partial charge on any atom is 0.267 e. The minimum Gasteiger partial charge on any atom is -0.293 e. The van der Waals surface area contributed by atoms with Crippen molar-refractivity contribution in [2.24, 2.45) is 0 Å². The van der Waals surface area contributed by atoms with Gasteiger partial charge in [-0.15, -0.1) is 0 Å². The molecule has 1 aliphatic carbocycles. The van der Waals surface area contributed by atoms with Gasteiger partial charge in [0.2, 0.25) is 0 Å². The molecule has 4 rings (SSSR count). The van der Waals surface area contributed by atoms with E-state index in [-0.39, 0.29) is 5.56 Å². The summed E-state index contributed by atoms with van der Waals surface area (Å²) in [5, 5.41) is 12.0. The highest BCUT2D eigenvalue weighted by molar-refractivity contribution is 5.20. The van der Waals surface area contributed by atoms with E-state index in [1.165, 1.54) is 19.3 Å². The zero-order chi connectivity index (χ0) is 16.5. The predicted molar refractivity (Wildman–Crippen MR) is 91.9 cm³/mol. The smallest absolute Gasteiger partial charge is 0.267 e. The van der Waals surface area contributed by atoms with E-state index in [1.807, 2.05) is 13.0 Å². The number of rotatable bonds is 4. The van der Waals surface area contributed by atoms with Crippen molar-refractivity contribution in [3.05, 3.63) is 45.1 Å². The minimum atomic E-state index is 0.0538. The van der Waals surface area contributed by atoms with Gasteiger partial charge in [0.05, 0.1) is 17.9 Å². The molecule has 0 bridgehead atoms. The van der Waals surface area contributed by atoms with E-state index in [0.29, 0.717) is 12.6 Å². The van der Waals surface area contributed by atoms with Crippen molar-refractivity contribution in [1.29, 1.82) is 0 Å². The molecule has 0 saturated carbocycles. The number of H-pyrrole nitrogens is 1. The van der Waals surface area contributed by atoms with E-state index in [1.54, 1.807) is 4.68 Å². The molecule has 1 N–H and O–H groups in total. The number of fused-ring (bicyclic) bond motifs is 1. The molecule has 128 valence electrons. The van der Waals surface area contributed by atoms with Gasteiger partial charge in [0, 0.05) is 24.3 Å². The maximum atomic E-state index is 12.4. The Kier molecular flexibility index (Phi) is 4.22. The molecule has 0 amide bonds. The van der Waals surface area contributed by atoms with Crippen LogP contribution in [0.5, 0.6) is 0 Å². The fraction of sp³-hybridized carbons (Fsp3) is 0.611. The molecule has 1 aliphatic heterocycles. The first-order chi connectivity index (χ1) is 11.7. The minimum absolute atomic E-state index is 0.0538. The summed E-state index contributed by atoms with van der Waals surface area (Å²) >= 11 is 0. The van der Waals surface area contributed by atoms with Gasteiger partial charge >= 0.3 is 0 Å². The molecule has 24 heavy (non-hydrogen) atoms. The van der Waals surface area contributed by atoms with Crippen molar-refractivity contribution >= 4 is 0 Å². The molecule has 2 aliphatic rings. The monoisotopic (exact) mass is 327 g/mol. The van der Waals surface area contributed by atoms with Crippen molar-refractivity contribution < 1.29 is 0 Å². The van der Waals surface area contributed by atoms with Gasteiger partial charge in [-0.05, 0) is 63.6 Å². The fourth-order valence-electron chi connectivity index (χ4n) is 4.01. The Bertz CT molecular complexity index is 778. The van der Waals surface area contributed by atoms with Gasteiger partial charge in [-0.2, -0.15) is 10.2 Å². The number of nitrogens with zero attached hydrogens (tertiary/aromatic N) is 4. The first kappa shape index (κ1) is 15.6. The van der Waals surface area contributed by atoms with Gasteiger partial charge in [-0.3, -0.25) is 14.8 Å². The largest absolute Gasteiger partial charge is 0.293 e. The predicted octanol–water partition coefficient (Wildman–Crippen LogP) is 1.82. The third-order valence-electron chi connectivity index (χ3n) is 5.28. The van der Waals surface area contributed by atoms with E-state index in [4.69, 9.17) is 0 Å². The number of nitrogens with one attached hydrogen (secondary N) is 1. The lowest BCUT2D eigenvalue weighted by molar-refractivity contribution is 0.213. The van der Waals surface area contributed by atoms with Crippen LogP contribution in [0.15, 0.2) is 16.9 Å². The van der Waals surface area contributed by atoms with Gasteiger partial charge in [0.15, 0.2) is 0 Å². The highest BCUT2D eigenvalue weighted by atomic mass is 16.1.